The Morgan fingerprint density at radius 2 is 1.52 bits per heavy atom. The lowest BCUT2D eigenvalue weighted by atomic mass is 10.1. The van der Waals surface area contributed by atoms with Gasteiger partial charge in [0.2, 0.25) is 0 Å². The molecule has 8 nitrogen and oxygen atoms in total. The maximum Gasteiger partial charge on any atom is 0.269 e. The second kappa shape index (κ2) is 9.00. The van der Waals surface area contributed by atoms with Gasteiger partial charge in [0.1, 0.15) is 5.57 Å². The smallest absolute Gasteiger partial charge is 0.269 e. The van der Waals surface area contributed by atoms with E-state index in [2.05, 4.69) is 10.6 Å². The summed E-state index contributed by atoms with van der Waals surface area (Å²) in [5.74, 6) is -1.05. The standard InChI is InChI=1S/C23H18N4O4S2/c1-13-11-15(12-20-21(28)24-23(32)25-22(20)29)14(2)26(13)16-3-7-18(8-4-16)33-19-9-5-17(6-10-19)27(30)31/h3-12H,1-2H3,(H2,24,25,28,29,32). The van der Waals surface area contributed by atoms with Crippen LogP contribution in [0.3, 0.4) is 0 Å². The lowest BCUT2D eigenvalue weighted by molar-refractivity contribution is -0.384. The Balaban J connectivity index is 1.57. The van der Waals surface area contributed by atoms with Gasteiger partial charge in [-0.2, -0.15) is 0 Å². The van der Waals surface area contributed by atoms with Gasteiger partial charge in [0.15, 0.2) is 5.11 Å². The van der Waals surface area contributed by atoms with Gasteiger partial charge in [0.05, 0.1) is 4.92 Å². The summed E-state index contributed by atoms with van der Waals surface area (Å²) in [6, 6.07) is 16.2. The van der Waals surface area contributed by atoms with Gasteiger partial charge in [-0.15, -0.1) is 0 Å². The number of rotatable bonds is 5. The fourth-order valence-corrected chi connectivity index (χ4v) is 4.53. The van der Waals surface area contributed by atoms with Crippen LogP contribution >= 0.6 is 24.0 Å². The van der Waals surface area contributed by atoms with Gasteiger partial charge in [-0.25, -0.2) is 0 Å². The maximum atomic E-state index is 12.2. The number of carbonyl (C=O) groups is 2. The number of amides is 2. The van der Waals surface area contributed by atoms with Gasteiger partial charge in [-0.05, 0) is 80.2 Å². The highest BCUT2D eigenvalue weighted by Gasteiger charge is 2.26. The van der Waals surface area contributed by atoms with Crippen molar-refractivity contribution < 1.29 is 14.5 Å². The van der Waals surface area contributed by atoms with E-state index in [1.807, 2.05) is 48.7 Å². The van der Waals surface area contributed by atoms with E-state index in [-0.39, 0.29) is 16.4 Å². The Morgan fingerprint density at radius 3 is 2.06 bits per heavy atom. The zero-order chi connectivity index (χ0) is 23.7. The summed E-state index contributed by atoms with van der Waals surface area (Å²) < 4.78 is 2.04. The van der Waals surface area contributed by atoms with Crippen LogP contribution in [-0.4, -0.2) is 26.4 Å². The van der Waals surface area contributed by atoms with E-state index in [9.17, 15) is 19.7 Å². The molecule has 1 saturated heterocycles. The maximum absolute atomic E-state index is 12.2. The summed E-state index contributed by atoms with van der Waals surface area (Å²) in [7, 11) is 0. The number of nitrogens with one attached hydrogen (secondary N) is 2. The molecule has 0 aliphatic carbocycles. The molecule has 0 spiro atoms. The number of aromatic nitrogens is 1. The number of non-ortho nitro benzene ring substituents is 1. The molecule has 0 bridgehead atoms. The minimum absolute atomic E-state index is 0.000641. The summed E-state index contributed by atoms with van der Waals surface area (Å²) in [6.07, 6.45) is 1.56. The van der Waals surface area contributed by atoms with Crippen molar-refractivity contribution in [1.29, 1.82) is 0 Å². The summed E-state index contributed by atoms with van der Waals surface area (Å²) in [6.45, 7) is 3.87. The number of aryl methyl sites for hydroxylation is 1. The topological polar surface area (TPSA) is 106 Å². The SMILES string of the molecule is Cc1cc(C=C2C(=O)NC(=S)NC2=O)c(C)n1-c1ccc(Sc2ccc([N+](=O)[O-])cc2)cc1. The summed E-state index contributed by atoms with van der Waals surface area (Å²) in [5.41, 5.74) is 3.57. The number of nitrogens with zero attached hydrogens (tertiary/aromatic N) is 2. The lowest BCUT2D eigenvalue weighted by Gasteiger charge is -2.16. The van der Waals surface area contributed by atoms with Crippen LogP contribution < -0.4 is 10.6 Å². The normalized spacial score (nSPS) is 13.5. The Kier molecular flexibility index (Phi) is 6.12. The summed E-state index contributed by atoms with van der Waals surface area (Å²) in [4.78, 5) is 36.6. The Bertz CT molecular complexity index is 1300. The lowest BCUT2D eigenvalue weighted by Crippen LogP contribution is -2.51. The van der Waals surface area contributed by atoms with Crippen molar-refractivity contribution >= 4 is 52.7 Å². The van der Waals surface area contributed by atoms with Crippen molar-refractivity contribution in [2.45, 2.75) is 23.6 Å². The van der Waals surface area contributed by atoms with Crippen LogP contribution in [0, 0.1) is 24.0 Å². The summed E-state index contributed by atoms with van der Waals surface area (Å²) in [5, 5.41) is 15.7. The molecule has 2 amide bonds. The molecule has 1 aliphatic rings. The first-order chi connectivity index (χ1) is 15.7. The number of hydrogen-bond acceptors (Lipinski definition) is 6. The largest absolute Gasteiger partial charge is 0.318 e. The third-order valence-corrected chi connectivity index (χ3v) is 6.31. The van der Waals surface area contributed by atoms with E-state index >= 15 is 0 Å². The van der Waals surface area contributed by atoms with E-state index in [1.165, 1.54) is 23.9 Å². The molecule has 2 N–H and O–H groups in total. The van der Waals surface area contributed by atoms with Gasteiger partial charge < -0.3 is 4.57 Å². The minimum atomic E-state index is -0.527. The second-order valence-corrected chi connectivity index (χ2v) is 8.86. The van der Waals surface area contributed by atoms with Crippen molar-refractivity contribution in [2.75, 3.05) is 0 Å². The van der Waals surface area contributed by atoms with Crippen LogP contribution in [0.1, 0.15) is 17.0 Å². The molecule has 0 saturated carbocycles. The highest BCUT2D eigenvalue weighted by Crippen LogP contribution is 2.30. The molecule has 0 unspecified atom stereocenters. The molecule has 2 aromatic carbocycles. The monoisotopic (exact) mass is 478 g/mol. The molecule has 1 aliphatic heterocycles. The fourth-order valence-electron chi connectivity index (χ4n) is 3.53. The summed E-state index contributed by atoms with van der Waals surface area (Å²) >= 11 is 6.34. The zero-order valence-electron chi connectivity index (χ0n) is 17.6. The van der Waals surface area contributed by atoms with Gasteiger partial charge >= 0.3 is 0 Å². The average molecular weight is 479 g/mol. The van der Waals surface area contributed by atoms with E-state index in [4.69, 9.17) is 12.2 Å². The quantitative estimate of drug-likeness (QED) is 0.188. The van der Waals surface area contributed by atoms with Crippen LogP contribution in [0.15, 0.2) is 70.0 Å². The predicted molar refractivity (Wildman–Crippen MR) is 129 cm³/mol. The van der Waals surface area contributed by atoms with Crippen molar-refractivity contribution in [2.24, 2.45) is 0 Å². The van der Waals surface area contributed by atoms with Gasteiger partial charge in [-0.3, -0.25) is 30.3 Å². The molecule has 33 heavy (non-hydrogen) atoms. The van der Waals surface area contributed by atoms with Crippen LogP contribution in [0.4, 0.5) is 5.69 Å². The third-order valence-electron chi connectivity index (χ3n) is 5.09. The number of carbonyl (C=O) groups excluding carboxylic acids is 2. The van der Waals surface area contributed by atoms with Crippen LogP contribution in [0.5, 0.6) is 0 Å². The number of hydrogen-bond donors (Lipinski definition) is 2. The van der Waals surface area contributed by atoms with Gasteiger partial charge in [0, 0.05) is 39.0 Å². The fraction of sp³-hybridized carbons (Fsp3) is 0.0870. The minimum Gasteiger partial charge on any atom is -0.318 e. The zero-order valence-corrected chi connectivity index (χ0v) is 19.3. The highest BCUT2D eigenvalue weighted by atomic mass is 32.2. The third kappa shape index (κ3) is 4.71. The average Bonchev–Trinajstić information content (AvgIpc) is 3.04. The first-order valence-electron chi connectivity index (χ1n) is 9.83. The highest BCUT2D eigenvalue weighted by molar-refractivity contribution is 7.99. The van der Waals surface area contributed by atoms with E-state index in [0.717, 1.165) is 32.4 Å². The van der Waals surface area contributed by atoms with E-state index in [1.54, 1.807) is 18.2 Å². The molecule has 2 heterocycles. The Morgan fingerprint density at radius 1 is 0.970 bits per heavy atom. The molecular formula is C23H18N4O4S2. The van der Waals surface area contributed by atoms with Gasteiger partial charge in [0.25, 0.3) is 17.5 Å². The van der Waals surface area contributed by atoms with E-state index in [0.29, 0.717) is 0 Å². The van der Waals surface area contributed by atoms with Crippen molar-refractivity contribution in [1.82, 2.24) is 15.2 Å². The molecule has 0 radical (unpaired) electrons. The second-order valence-electron chi connectivity index (χ2n) is 7.30. The molecule has 1 fully saturated rings. The van der Waals surface area contributed by atoms with Crippen LogP contribution in [0.25, 0.3) is 11.8 Å². The predicted octanol–water partition coefficient (Wildman–Crippen LogP) is 4.07. The van der Waals surface area contributed by atoms with Crippen molar-refractivity contribution in [3.8, 4) is 5.69 Å². The number of nitro groups is 1. The molecule has 4 rings (SSSR count). The van der Waals surface area contributed by atoms with Crippen LogP contribution in [-0.2, 0) is 9.59 Å². The van der Waals surface area contributed by atoms with Crippen molar-refractivity contribution in [3.63, 3.8) is 0 Å². The van der Waals surface area contributed by atoms with Crippen molar-refractivity contribution in [3.05, 3.63) is 87.2 Å². The van der Waals surface area contributed by atoms with Gasteiger partial charge in [-0.1, -0.05) is 11.8 Å². The number of nitro benzene ring substituents is 1. The first-order valence-corrected chi connectivity index (χ1v) is 11.1. The Hall–Kier alpha value is -3.76. The number of thiocarbonyl (C=S) groups is 1. The van der Waals surface area contributed by atoms with Crippen LogP contribution in [0.2, 0.25) is 0 Å². The van der Waals surface area contributed by atoms with E-state index < -0.39 is 16.7 Å². The number of benzene rings is 2. The molecule has 3 aromatic rings. The first kappa shape index (κ1) is 22.4. The molecule has 1 aromatic heterocycles. The molecule has 0 atom stereocenters. The Labute approximate surface area is 198 Å². The molecule has 166 valence electrons. The molecular weight excluding hydrogens is 460 g/mol. The molecule has 10 heteroatoms.